The molecule has 0 saturated carbocycles. The van der Waals surface area contributed by atoms with Crippen molar-refractivity contribution >= 4 is 28.3 Å². The molecule has 1 aromatic heterocycles. The quantitative estimate of drug-likeness (QED) is 0.101. The lowest BCUT2D eigenvalue weighted by atomic mass is 9.78. The molecule has 4 rings (SSSR count). The number of allylic oxidation sites excluding steroid dienone is 4. The molecule has 0 fully saturated rings. The van der Waals surface area contributed by atoms with Crippen LogP contribution in [0.3, 0.4) is 0 Å². The van der Waals surface area contributed by atoms with Crippen LogP contribution in [0, 0.1) is 5.41 Å². The largest absolute Gasteiger partial charge is 0.276 e. The summed E-state index contributed by atoms with van der Waals surface area (Å²) in [5.74, 6) is 0. The molecule has 1 aliphatic rings. The van der Waals surface area contributed by atoms with Crippen molar-refractivity contribution in [3.05, 3.63) is 123 Å². The van der Waals surface area contributed by atoms with Crippen LogP contribution < -0.4 is 0 Å². The Morgan fingerprint density at radius 2 is 1.39 bits per heavy atom. The van der Waals surface area contributed by atoms with E-state index in [1.807, 2.05) is 11.3 Å². The highest BCUT2D eigenvalue weighted by Crippen LogP contribution is 2.38. The molecule has 1 aliphatic heterocycles. The van der Waals surface area contributed by atoms with E-state index in [0.717, 1.165) is 53.9 Å². The van der Waals surface area contributed by atoms with E-state index in [0.29, 0.717) is 6.54 Å². The lowest BCUT2D eigenvalue weighted by molar-refractivity contribution is 0.378. The van der Waals surface area contributed by atoms with E-state index >= 15 is 0 Å². The monoisotopic (exact) mass is 674 g/mol. The van der Waals surface area contributed by atoms with E-state index in [1.54, 1.807) is 0 Å². The summed E-state index contributed by atoms with van der Waals surface area (Å²) in [7, 11) is 0. The van der Waals surface area contributed by atoms with Gasteiger partial charge in [-0.05, 0) is 83.9 Å². The summed E-state index contributed by atoms with van der Waals surface area (Å²) in [5, 5.41) is 0. The number of hydrogen-bond donors (Lipinski definition) is 0. The molecule has 0 atom stereocenters. The maximum Gasteiger partial charge on any atom is 0.0964 e. The molecule has 0 aliphatic carbocycles. The average Bonchev–Trinajstić information content (AvgIpc) is 3.62. The van der Waals surface area contributed by atoms with Crippen LogP contribution in [0.5, 0.6) is 0 Å². The van der Waals surface area contributed by atoms with Gasteiger partial charge in [-0.2, -0.15) is 0 Å². The van der Waals surface area contributed by atoms with Gasteiger partial charge in [0.15, 0.2) is 0 Å². The summed E-state index contributed by atoms with van der Waals surface area (Å²) in [5.41, 5.74) is 10.5. The van der Waals surface area contributed by atoms with Crippen molar-refractivity contribution in [1.82, 2.24) is 0 Å². The number of hydrogen-bond acceptors (Lipinski definition) is 3. The molecular weight excluding hydrogens is 613 g/mol. The molecule has 0 saturated heterocycles. The topological polar surface area (TPSA) is 24.7 Å². The van der Waals surface area contributed by atoms with Crippen LogP contribution in [0.1, 0.15) is 145 Å². The number of unbranched alkanes of at least 4 members (excludes halogenated alkanes) is 6. The Labute approximate surface area is 303 Å². The predicted molar refractivity (Wildman–Crippen MR) is 219 cm³/mol. The van der Waals surface area contributed by atoms with Crippen molar-refractivity contribution in [3.8, 4) is 0 Å². The van der Waals surface area contributed by atoms with Crippen LogP contribution in [-0.4, -0.2) is 18.0 Å². The molecule has 0 radical (unpaired) electrons. The van der Waals surface area contributed by atoms with E-state index in [2.05, 4.69) is 135 Å². The highest BCUT2D eigenvalue weighted by atomic mass is 32.1. The molecule has 0 amide bonds. The first-order valence-corrected chi connectivity index (χ1v) is 19.9. The zero-order chi connectivity index (χ0) is 35.4. The minimum absolute atomic E-state index is 0.0747. The van der Waals surface area contributed by atoms with Gasteiger partial charge in [0.1, 0.15) is 0 Å². The Morgan fingerprint density at radius 3 is 2.02 bits per heavy atom. The number of aryl methyl sites for hydroxylation is 2. The van der Waals surface area contributed by atoms with Gasteiger partial charge in [-0.25, -0.2) is 4.99 Å². The minimum atomic E-state index is 0.0747. The third kappa shape index (κ3) is 10.4. The first-order chi connectivity index (χ1) is 23.5. The number of thiophene rings is 1. The molecule has 0 unspecified atom stereocenters. The van der Waals surface area contributed by atoms with Crippen LogP contribution >= 0.6 is 11.3 Å². The third-order valence-corrected chi connectivity index (χ3v) is 12.0. The smallest absolute Gasteiger partial charge is 0.0964 e. The molecule has 49 heavy (non-hydrogen) atoms. The fourth-order valence-corrected chi connectivity index (χ4v) is 7.53. The normalized spacial score (nSPS) is 15.0. The van der Waals surface area contributed by atoms with Crippen molar-refractivity contribution in [2.24, 2.45) is 15.4 Å². The number of rotatable bonds is 17. The molecule has 2 heterocycles. The minimum Gasteiger partial charge on any atom is -0.276 e. The molecule has 0 bridgehead atoms. The molecule has 262 valence electrons. The number of aliphatic imine (C=N–C) groups is 2. The van der Waals surface area contributed by atoms with E-state index in [9.17, 15) is 0 Å². The Balaban J connectivity index is 1.77. The van der Waals surface area contributed by atoms with Gasteiger partial charge in [0.05, 0.1) is 23.7 Å². The van der Waals surface area contributed by atoms with E-state index < -0.39 is 0 Å². The van der Waals surface area contributed by atoms with E-state index in [4.69, 9.17) is 9.98 Å². The highest BCUT2D eigenvalue weighted by molar-refractivity contribution is 7.13. The summed E-state index contributed by atoms with van der Waals surface area (Å²) in [6.45, 7) is 23.3. The standard InChI is InChI=1S/C46H62N2S/c1-10-14-15-16-17-18-19-22-36-24-21-25-37(32-36)43-44(38-26-20-23-35(11-2)31-38)48-40(33-47-43)39(28-27-34(5)46(9,12-3)13-4)41-29-30-42(49-41)45(6,7)8/h20-21,23-32H,5,10-19,22,33H2,1-4,6-9H3/b28-27-,40-39-. The van der Waals surface area contributed by atoms with Crippen molar-refractivity contribution in [2.75, 3.05) is 6.54 Å². The fraction of sp³-hybridized carbons (Fsp3) is 0.478. The van der Waals surface area contributed by atoms with Gasteiger partial charge in [0.25, 0.3) is 0 Å². The molecule has 2 nitrogen and oxygen atoms in total. The molecule has 3 aromatic rings. The van der Waals surface area contributed by atoms with Crippen molar-refractivity contribution < 1.29 is 0 Å². The van der Waals surface area contributed by atoms with Gasteiger partial charge in [0, 0.05) is 26.5 Å². The second-order valence-corrected chi connectivity index (χ2v) is 16.2. The van der Waals surface area contributed by atoms with Crippen LogP contribution in [0.25, 0.3) is 5.57 Å². The molecule has 0 N–H and O–H groups in total. The van der Waals surface area contributed by atoms with Gasteiger partial charge in [-0.3, -0.25) is 4.99 Å². The summed E-state index contributed by atoms with van der Waals surface area (Å²) in [6.07, 6.45) is 18.0. The number of benzene rings is 2. The maximum absolute atomic E-state index is 5.55. The predicted octanol–water partition coefficient (Wildman–Crippen LogP) is 13.5. The zero-order valence-electron chi connectivity index (χ0n) is 31.9. The summed E-state index contributed by atoms with van der Waals surface area (Å²) >= 11 is 1.87. The van der Waals surface area contributed by atoms with Crippen LogP contribution in [0.4, 0.5) is 0 Å². The highest BCUT2D eigenvalue weighted by Gasteiger charge is 2.25. The molecule has 3 heteroatoms. The Bertz CT molecular complexity index is 1660. The molecular formula is C46H62N2S. The molecule has 2 aromatic carbocycles. The second kappa shape index (κ2) is 18.1. The molecule has 0 spiro atoms. The van der Waals surface area contributed by atoms with Crippen LogP contribution in [0.15, 0.2) is 101 Å². The van der Waals surface area contributed by atoms with E-state index in [1.165, 1.54) is 77.0 Å². The zero-order valence-corrected chi connectivity index (χ0v) is 32.7. The number of nitrogens with zero attached hydrogens (tertiary/aromatic N) is 2. The van der Waals surface area contributed by atoms with Gasteiger partial charge >= 0.3 is 0 Å². The van der Waals surface area contributed by atoms with Gasteiger partial charge in [-0.1, -0.05) is 149 Å². The Kier molecular flexibility index (Phi) is 14.2. The van der Waals surface area contributed by atoms with Crippen LogP contribution in [-0.2, 0) is 18.3 Å². The lowest BCUT2D eigenvalue weighted by Gasteiger charge is -2.27. The van der Waals surface area contributed by atoms with E-state index in [-0.39, 0.29) is 10.8 Å². The summed E-state index contributed by atoms with van der Waals surface area (Å²) in [4.78, 5) is 13.5. The van der Waals surface area contributed by atoms with Crippen molar-refractivity contribution in [1.29, 1.82) is 0 Å². The lowest BCUT2D eigenvalue weighted by Crippen LogP contribution is -2.22. The average molecular weight is 675 g/mol. The maximum atomic E-state index is 5.55. The van der Waals surface area contributed by atoms with Crippen LogP contribution in [0.2, 0.25) is 0 Å². The van der Waals surface area contributed by atoms with Crippen molar-refractivity contribution in [2.45, 2.75) is 131 Å². The third-order valence-electron chi connectivity index (χ3n) is 10.4. The summed E-state index contributed by atoms with van der Waals surface area (Å²) in [6, 6.07) is 22.5. The Morgan fingerprint density at radius 1 is 0.755 bits per heavy atom. The van der Waals surface area contributed by atoms with Gasteiger partial charge < -0.3 is 0 Å². The summed E-state index contributed by atoms with van der Waals surface area (Å²) < 4.78 is 0. The fourth-order valence-electron chi connectivity index (χ4n) is 6.42. The van der Waals surface area contributed by atoms with Gasteiger partial charge in [0.2, 0.25) is 0 Å². The SMILES string of the molecule is C=C(/C=C\C(=C1/CN=C(c2cccc(CCCCCCCCC)c2)C(c2cccc(CC)c2)=N1)c1ccc(C(C)(C)C)s1)C(C)(CC)CC. The first-order valence-electron chi connectivity index (χ1n) is 19.1. The van der Waals surface area contributed by atoms with Gasteiger partial charge in [-0.15, -0.1) is 11.3 Å². The second-order valence-electron chi connectivity index (χ2n) is 15.2. The Hall–Kier alpha value is -3.30. The van der Waals surface area contributed by atoms with Crippen molar-refractivity contribution in [3.63, 3.8) is 0 Å². The first kappa shape index (κ1) is 38.5.